The molecule has 4 nitrogen and oxygen atoms in total. The van der Waals surface area contributed by atoms with E-state index in [1.165, 1.54) is 6.07 Å². The average molecular weight is 304 g/mol. The summed E-state index contributed by atoms with van der Waals surface area (Å²) in [5.41, 5.74) is 1.63. The normalized spacial score (nSPS) is 13.3. The Hall–Kier alpha value is -2.21. The maximum atomic E-state index is 13.5. The molecule has 0 spiro atoms. The number of amidine groups is 1. The highest BCUT2D eigenvalue weighted by Crippen LogP contribution is 2.17. The minimum Gasteiger partial charge on any atom is -0.489 e. The molecule has 1 heterocycles. The van der Waals surface area contributed by atoms with Crippen molar-refractivity contribution < 1.29 is 13.4 Å². The summed E-state index contributed by atoms with van der Waals surface area (Å²) in [7, 11) is 0. The first-order valence-corrected chi connectivity index (χ1v) is 7.16. The fourth-order valence-electron chi connectivity index (χ4n) is 1.89. The number of benzene rings is 2. The zero-order chi connectivity index (χ0) is 14.5. The number of hydrogen-bond donors (Lipinski definition) is 1. The van der Waals surface area contributed by atoms with E-state index in [0.717, 1.165) is 23.6 Å². The van der Waals surface area contributed by atoms with Gasteiger partial charge in [0.1, 0.15) is 18.2 Å². The van der Waals surface area contributed by atoms with Crippen molar-refractivity contribution in [3.05, 3.63) is 65.5 Å². The van der Waals surface area contributed by atoms with Crippen LogP contribution in [0.2, 0.25) is 0 Å². The van der Waals surface area contributed by atoms with Crippen molar-refractivity contribution >= 4 is 18.1 Å². The predicted octanol–water partition coefficient (Wildman–Crippen LogP) is 3.44. The minimum atomic E-state index is -0.253. The molecule has 21 heavy (non-hydrogen) atoms. The molecule has 0 aromatic heterocycles. The van der Waals surface area contributed by atoms with Gasteiger partial charge in [-0.3, -0.25) is 9.01 Å². The third-order valence-corrected chi connectivity index (χ3v) is 3.46. The Labute approximate surface area is 126 Å². The minimum absolute atomic E-state index is 0.213. The third-order valence-electron chi connectivity index (χ3n) is 2.99. The largest absolute Gasteiger partial charge is 0.489 e. The van der Waals surface area contributed by atoms with Gasteiger partial charge in [0.05, 0.1) is 0 Å². The predicted molar refractivity (Wildman–Crippen MR) is 80.1 cm³/mol. The van der Waals surface area contributed by atoms with Crippen LogP contribution in [0.25, 0.3) is 0 Å². The number of hydrogen-bond acceptors (Lipinski definition) is 5. The molecule has 108 valence electrons. The molecule has 0 unspecified atom stereocenters. The Morgan fingerprint density at radius 3 is 2.67 bits per heavy atom. The molecule has 1 aliphatic heterocycles. The third kappa shape index (κ3) is 3.66. The Bertz CT molecular complexity index is 646. The van der Waals surface area contributed by atoms with E-state index in [1.807, 2.05) is 24.3 Å². The Morgan fingerprint density at radius 2 is 1.95 bits per heavy atom. The van der Waals surface area contributed by atoms with E-state index < -0.39 is 0 Å². The van der Waals surface area contributed by atoms with E-state index in [0.29, 0.717) is 17.7 Å². The second-order valence-corrected chi connectivity index (χ2v) is 5.02. The zero-order valence-electron chi connectivity index (χ0n) is 11.1. The van der Waals surface area contributed by atoms with Crippen LogP contribution in [0.3, 0.4) is 0 Å². The highest BCUT2D eigenvalue weighted by Gasteiger charge is 2.09. The van der Waals surface area contributed by atoms with E-state index >= 15 is 0 Å². The summed E-state index contributed by atoms with van der Waals surface area (Å²) in [6.45, 7) is 0.213. The van der Waals surface area contributed by atoms with E-state index in [4.69, 9.17) is 9.02 Å². The molecule has 6 heteroatoms. The second-order valence-electron chi connectivity index (χ2n) is 4.50. The van der Waals surface area contributed by atoms with Gasteiger partial charge >= 0.3 is 0 Å². The molecule has 0 fully saturated rings. The number of oxime groups is 1. The molecule has 0 amide bonds. The molecule has 0 atom stereocenters. The van der Waals surface area contributed by atoms with Crippen molar-refractivity contribution in [2.24, 2.45) is 5.16 Å². The van der Waals surface area contributed by atoms with Gasteiger partial charge in [-0.1, -0.05) is 35.5 Å². The van der Waals surface area contributed by atoms with Crippen LogP contribution in [0.5, 0.6) is 5.75 Å². The van der Waals surface area contributed by atoms with Crippen molar-refractivity contribution in [2.75, 3.05) is 0 Å². The van der Waals surface area contributed by atoms with Gasteiger partial charge in [-0.15, -0.1) is 0 Å². The molecule has 1 N–H and O–H groups in total. The van der Waals surface area contributed by atoms with Crippen LogP contribution in [0.1, 0.15) is 11.1 Å². The van der Waals surface area contributed by atoms with Gasteiger partial charge in [-0.25, -0.2) is 4.39 Å². The van der Waals surface area contributed by atoms with Gasteiger partial charge in [0.2, 0.25) is 12.2 Å². The van der Waals surface area contributed by atoms with Crippen molar-refractivity contribution in [1.82, 2.24) is 4.72 Å². The monoisotopic (exact) mass is 304 g/mol. The lowest BCUT2D eigenvalue weighted by Crippen LogP contribution is -2.13. The molecule has 0 aliphatic carbocycles. The quantitative estimate of drug-likeness (QED) is 0.679. The summed E-state index contributed by atoms with van der Waals surface area (Å²) in [5, 5.41) is 3.83. The lowest BCUT2D eigenvalue weighted by Gasteiger charge is -2.08. The zero-order valence-corrected chi connectivity index (χ0v) is 11.9. The highest BCUT2D eigenvalue weighted by atomic mass is 32.2. The summed E-state index contributed by atoms with van der Waals surface area (Å²) in [6, 6.07) is 14.2. The van der Waals surface area contributed by atoms with Crippen LogP contribution in [0, 0.1) is 5.82 Å². The first-order chi connectivity index (χ1) is 10.3. The highest BCUT2D eigenvalue weighted by molar-refractivity contribution is 7.93. The molecule has 0 bridgehead atoms. The standard InChI is InChI=1S/C15H13FN2O2S/c16-14-4-2-1-3-12(14)10-19-13-7-5-11(6-8-13)9-15-17-20-21-18-15/h1-8H,9-10H2,(H,17,18). The molecule has 2 aromatic carbocycles. The Kier molecular flexibility index (Phi) is 4.25. The molecular weight excluding hydrogens is 291 g/mol. The molecule has 0 radical (unpaired) electrons. The van der Waals surface area contributed by atoms with Crippen molar-refractivity contribution in [3.8, 4) is 5.75 Å². The van der Waals surface area contributed by atoms with Crippen LogP contribution >= 0.6 is 12.2 Å². The van der Waals surface area contributed by atoms with Crippen LogP contribution in [0.4, 0.5) is 4.39 Å². The number of nitrogens with one attached hydrogen (secondary N) is 1. The molecule has 0 saturated carbocycles. The van der Waals surface area contributed by atoms with Crippen LogP contribution in [-0.2, 0) is 17.3 Å². The van der Waals surface area contributed by atoms with E-state index in [1.54, 1.807) is 18.2 Å². The number of rotatable bonds is 5. The van der Waals surface area contributed by atoms with Crippen molar-refractivity contribution in [2.45, 2.75) is 13.0 Å². The summed E-state index contributed by atoms with van der Waals surface area (Å²) < 4.78 is 26.8. The van der Waals surface area contributed by atoms with Gasteiger partial charge in [0, 0.05) is 12.0 Å². The lowest BCUT2D eigenvalue weighted by molar-refractivity contribution is 0.300. The second kappa shape index (κ2) is 6.49. The van der Waals surface area contributed by atoms with E-state index in [9.17, 15) is 4.39 Å². The lowest BCUT2D eigenvalue weighted by atomic mass is 10.1. The topological polar surface area (TPSA) is 42.9 Å². The SMILES string of the molecule is Fc1ccccc1COc1ccc(CC2=NOSN2)cc1. The first kappa shape index (κ1) is 13.8. The Morgan fingerprint density at radius 1 is 1.14 bits per heavy atom. The summed E-state index contributed by atoms with van der Waals surface area (Å²) >= 11 is 1.10. The summed E-state index contributed by atoms with van der Waals surface area (Å²) in [5.74, 6) is 1.23. The number of ether oxygens (including phenoxy) is 1. The maximum Gasteiger partial charge on any atom is 0.208 e. The van der Waals surface area contributed by atoms with Gasteiger partial charge < -0.3 is 4.74 Å². The van der Waals surface area contributed by atoms with E-state index in [2.05, 4.69) is 9.88 Å². The molecule has 1 aliphatic rings. The van der Waals surface area contributed by atoms with E-state index in [-0.39, 0.29) is 12.4 Å². The fraction of sp³-hybridized carbons (Fsp3) is 0.133. The molecule has 2 aromatic rings. The van der Waals surface area contributed by atoms with Crippen molar-refractivity contribution in [3.63, 3.8) is 0 Å². The summed E-state index contributed by atoms with van der Waals surface area (Å²) in [4.78, 5) is 0. The van der Waals surface area contributed by atoms with Gasteiger partial charge in [0.25, 0.3) is 0 Å². The number of halogens is 1. The van der Waals surface area contributed by atoms with Crippen molar-refractivity contribution in [1.29, 1.82) is 0 Å². The average Bonchev–Trinajstić information content (AvgIpc) is 3.01. The maximum absolute atomic E-state index is 13.5. The number of nitrogens with zero attached hydrogens (tertiary/aromatic N) is 1. The Balaban J connectivity index is 1.58. The first-order valence-electron chi connectivity index (χ1n) is 6.42. The van der Waals surface area contributed by atoms with Crippen LogP contribution in [0.15, 0.2) is 53.7 Å². The fourth-order valence-corrected chi connectivity index (χ4v) is 2.26. The van der Waals surface area contributed by atoms with Crippen LogP contribution < -0.4 is 9.46 Å². The smallest absolute Gasteiger partial charge is 0.208 e. The molecule has 3 rings (SSSR count). The van der Waals surface area contributed by atoms with Crippen LogP contribution in [-0.4, -0.2) is 5.84 Å². The van der Waals surface area contributed by atoms with Gasteiger partial charge in [-0.2, -0.15) is 0 Å². The molecular formula is C15H13FN2O2S. The molecule has 0 saturated heterocycles. The van der Waals surface area contributed by atoms with Gasteiger partial charge in [0.15, 0.2) is 5.84 Å². The van der Waals surface area contributed by atoms with Gasteiger partial charge in [-0.05, 0) is 23.8 Å². The summed E-state index contributed by atoms with van der Waals surface area (Å²) in [6.07, 6.45) is 0.667.